The number of benzene rings is 2. The van der Waals surface area contributed by atoms with Crippen LogP contribution in [0.4, 0.5) is 11.4 Å². The minimum atomic E-state index is 0.246. The normalized spacial score (nSPS) is 10.2. The number of phenols is 1. The zero-order valence-corrected chi connectivity index (χ0v) is 12.7. The van der Waals surface area contributed by atoms with Gasteiger partial charge in [0.2, 0.25) is 0 Å². The van der Waals surface area contributed by atoms with Gasteiger partial charge in [0, 0.05) is 18.4 Å². The lowest BCUT2D eigenvalue weighted by Gasteiger charge is -2.22. The number of phenolic OH excluding ortho intramolecular Hbond substituents is 1. The van der Waals surface area contributed by atoms with Crippen LogP contribution in [-0.2, 0) is 0 Å². The first-order chi connectivity index (χ1) is 9.49. The second-order valence-electron chi connectivity index (χ2n) is 4.77. The number of hydrogen-bond donors (Lipinski definition) is 2. The van der Waals surface area contributed by atoms with Crippen molar-refractivity contribution in [3.63, 3.8) is 0 Å². The second kappa shape index (κ2) is 5.92. The lowest BCUT2D eigenvalue weighted by atomic mass is 10.1. The molecule has 0 radical (unpaired) electrons. The maximum absolute atomic E-state index is 9.32. The second-order valence-corrected chi connectivity index (χ2v) is 5.16. The fourth-order valence-corrected chi connectivity index (χ4v) is 2.20. The molecular formula is C16H18N2OS. The highest BCUT2D eigenvalue weighted by molar-refractivity contribution is 7.80. The van der Waals surface area contributed by atoms with Gasteiger partial charge >= 0.3 is 0 Å². The molecule has 0 saturated carbocycles. The highest BCUT2D eigenvalue weighted by Gasteiger charge is 2.09. The fraction of sp³-hybridized carbons (Fsp3) is 0.188. The van der Waals surface area contributed by atoms with Crippen molar-refractivity contribution < 1.29 is 5.11 Å². The summed E-state index contributed by atoms with van der Waals surface area (Å²) in [5.74, 6) is 0.246. The lowest BCUT2D eigenvalue weighted by molar-refractivity contribution is 0.475. The van der Waals surface area contributed by atoms with E-state index in [9.17, 15) is 5.11 Å². The Labute approximate surface area is 124 Å². The number of rotatable bonds is 2. The Morgan fingerprint density at radius 1 is 1.05 bits per heavy atom. The number of para-hydroxylation sites is 1. The van der Waals surface area contributed by atoms with Crippen molar-refractivity contribution in [3.8, 4) is 5.75 Å². The number of nitrogens with zero attached hydrogens (tertiary/aromatic N) is 1. The lowest BCUT2D eigenvalue weighted by Crippen LogP contribution is -2.31. The minimum absolute atomic E-state index is 0.246. The number of nitrogens with one attached hydrogen (secondary N) is 1. The van der Waals surface area contributed by atoms with Gasteiger partial charge in [-0.2, -0.15) is 0 Å². The summed E-state index contributed by atoms with van der Waals surface area (Å²) >= 11 is 5.45. The molecule has 0 bridgehead atoms. The van der Waals surface area contributed by atoms with Gasteiger partial charge in [0.25, 0.3) is 0 Å². The molecule has 2 aromatic carbocycles. The van der Waals surface area contributed by atoms with Crippen LogP contribution in [-0.4, -0.2) is 17.3 Å². The van der Waals surface area contributed by atoms with Gasteiger partial charge in [0.15, 0.2) is 5.11 Å². The van der Waals surface area contributed by atoms with Crippen molar-refractivity contribution in [2.75, 3.05) is 17.3 Å². The van der Waals surface area contributed by atoms with Crippen molar-refractivity contribution in [2.24, 2.45) is 0 Å². The molecule has 2 N–H and O–H groups in total. The summed E-state index contributed by atoms with van der Waals surface area (Å²) in [5.41, 5.74) is 4.28. The van der Waals surface area contributed by atoms with Crippen molar-refractivity contribution in [3.05, 3.63) is 53.6 Å². The highest BCUT2D eigenvalue weighted by atomic mass is 32.1. The highest BCUT2D eigenvalue weighted by Crippen LogP contribution is 2.22. The maximum atomic E-state index is 9.32. The van der Waals surface area contributed by atoms with E-state index in [0.717, 1.165) is 22.5 Å². The van der Waals surface area contributed by atoms with Gasteiger partial charge in [-0.3, -0.25) is 0 Å². The SMILES string of the molecule is Cc1cccc(C)c1NC(=S)N(C)c1ccc(O)cc1. The summed E-state index contributed by atoms with van der Waals surface area (Å²) in [5, 5.41) is 13.2. The molecule has 0 heterocycles. The Kier molecular flexibility index (Phi) is 4.25. The summed E-state index contributed by atoms with van der Waals surface area (Å²) in [6.07, 6.45) is 0. The first-order valence-corrected chi connectivity index (χ1v) is 6.80. The first kappa shape index (κ1) is 14.3. The van der Waals surface area contributed by atoms with E-state index in [1.54, 1.807) is 12.1 Å². The molecule has 104 valence electrons. The Morgan fingerprint density at radius 3 is 2.15 bits per heavy atom. The molecule has 4 heteroatoms. The number of aryl methyl sites for hydroxylation is 2. The number of anilines is 2. The Hall–Kier alpha value is -2.07. The van der Waals surface area contributed by atoms with E-state index in [1.165, 1.54) is 0 Å². The molecule has 3 nitrogen and oxygen atoms in total. The Morgan fingerprint density at radius 2 is 1.60 bits per heavy atom. The van der Waals surface area contributed by atoms with E-state index < -0.39 is 0 Å². The predicted molar refractivity (Wildman–Crippen MR) is 88.6 cm³/mol. The quantitative estimate of drug-likeness (QED) is 0.822. The van der Waals surface area contributed by atoms with Crippen LogP contribution in [0.25, 0.3) is 0 Å². The molecule has 0 fully saturated rings. The van der Waals surface area contributed by atoms with Crippen molar-refractivity contribution in [1.29, 1.82) is 0 Å². The molecule has 2 aromatic rings. The zero-order chi connectivity index (χ0) is 14.7. The van der Waals surface area contributed by atoms with Gasteiger partial charge in [-0.25, -0.2) is 0 Å². The van der Waals surface area contributed by atoms with E-state index in [2.05, 4.69) is 31.3 Å². The fourth-order valence-electron chi connectivity index (χ4n) is 2.00. The van der Waals surface area contributed by atoms with E-state index in [4.69, 9.17) is 12.2 Å². The number of aromatic hydroxyl groups is 1. The molecular weight excluding hydrogens is 268 g/mol. The minimum Gasteiger partial charge on any atom is -0.508 e. The molecule has 20 heavy (non-hydrogen) atoms. The third kappa shape index (κ3) is 3.08. The molecule has 0 spiro atoms. The monoisotopic (exact) mass is 286 g/mol. The summed E-state index contributed by atoms with van der Waals surface area (Å²) in [4.78, 5) is 1.88. The third-order valence-electron chi connectivity index (χ3n) is 3.25. The van der Waals surface area contributed by atoms with Crippen molar-refractivity contribution >= 4 is 28.7 Å². The molecule has 0 aliphatic rings. The molecule has 0 aliphatic heterocycles. The van der Waals surface area contributed by atoms with Crippen LogP contribution in [0.3, 0.4) is 0 Å². The van der Waals surface area contributed by atoms with Crippen molar-refractivity contribution in [2.45, 2.75) is 13.8 Å². The van der Waals surface area contributed by atoms with E-state index in [0.29, 0.717) is 5.11 Å². The van der Waals surface area contributed by atoms with Crippen LogP contribution in [0.15, 0.2) is 42.5 Å². The molecule has 0 aromatic heterocycles. The Balaban J connectivity index is 2.18. The topological polar surface area (TPSA) is 35.5 Å². The van der Waals surface area contributed by atoms with Crippen LogP contribution in [0, 0.1) is 13.8 Å². The largest absolute Gasteiger partial charge is 0.508 e. The smallest absolute Gasteiger partial charge is 0.177 e. The summed E-state index contributed by atoms with van der Waals surface area (Å²) < 4.78 is 0. The standard InChI is InChI=1S/C16H18N2OS/c1-11-5-4-6-12(2)15(11)17-16(20)18(3)13-7-9-14(19)10-8-13/h4-10,19H,1-3H3,(H,17,20). The molecule has 2 rings (SSSR count). The van der Waals surface area contributed by atoms with Crippen LogP contribution in [0.5, 0.6) is 5.75 Å². The molecule has 0 unspecified atom stereocenters. The molecule has 0 aliphatic carbocycles. The average molecular weight is 286 g/mol. The molecule has 0 atom stereocenters. The predicted octanol–water partition coefficient (Wildman–Crippen LogP) is 3.84. The van der Waals surface area contributed by atoms with Crippen LogP contribution in [0.1, 0.15) is 11.1 Å². The Bertz CT molecular complexity index is 603. The first-order valence-electron chi connectivity index (χ1n) is 6.39. The van der Waals surface area contributed by atoms with Gasteiger partial charge < -0.3 is 15.3 Å². The van der Waals surface area contributed by atoms with Gasteiger partial charge in [-0.1, -0.05) is 18.2 Å². The molecule has 0 amide bonds. The summed E-state index contributed by atoms with van der Waals surface area (Å²) in [7, 11) is 1.90. The average Bonchev–Trinajstić information content (AvgIpc) is 2.43. The number of hydrogen-bond acceptors (Lipinski definition) is 2. The van der Waals surface area contributed by atoms with Crippen LogP contribution in [0.2, 0.25) is 0 Å². The summed E-state index contributed by atoms with van der Waals surface area (Å²) in [6.45, 7) is 4.11. The van der Waals surface area contributed by atoms with Crippen LogP contribution < -0.4 is 10.2 Å². The zero-order valence-electron chi connectivity index (χ0n) is 11.8. The third-order valence-corrected chi connectivity index (χ3v) is 3.63. The summed E-state index contributed by atoms with van der Waals surface area (Å²) in [6, 6.07) is 13.1. The number of thiocarbonyl (C=S) groups is 1. The van der Waals surface area contributed by atoms with Gasteiger partial charge in [0.05, 0.1) is 0 Å². The van der Waals surface area contributed by atoms with Gasteiger partial charge in [-0.15, -0.1) is 0 Å². The van der Waals surface area contributed by atoms with Crippen molar-refractivity contribution in [1.82, 2.24) is 0 Å². The van der Waals surface area contributed by atoms with Gasteiger partial charge in [-0.05, 0) is 61.5 Å². The van der Waals surface area contributed by atoms with E-state index >= 15 is 0 Å². The molecule has 0 saturated heterocycles. The van der Waals surface area contributed by atoms with E-state index in [1.807, 2.05) is 30.1 Å². The maximum Gasteiger partial charge on any atom is 0.177 e. The van der Waals surface area contributed by atoms with Crippen LogP contribution >= 0.6 is 12.2 Å². The van der Waals surface area contributed by atoms with Gasteiger partial charge in [0.1, 0.15) is 5.75 Å². The van der Waals surface area contributed by atoms with E-state index in [-0.39, 0.29) is 5.75 Å².